The van der Waals surface area contributed by atoms with E-state index in [-0.39, 0.29) is 23.3 Å². The lowest BCUT2D eigenvalue weighted by Gasteiger charge is -2.45. The lowest BCUT2D eigenvalue weighted by atomic mass is 9.65. The van der Waals surface area contributed by atoms with Crippen LogP contribution in [0.15, 0.2) is 18.2 Å². The second-order valence-corrected chi connectivity index (χ2v) is 7.84. The van der Waals surface area contributed by atoms with E-state index in [2.05, 4.69) is 24.4 Å². The number of ether oxygens (including phenoxy) is 1. The van der Waals surface area contributed by atoms with Gasteiger partial charge in [-0.2, -0.15) is 5.26 Å². The first-order valence-corrected chi connectivity index (χ1v) is 9.06. The van der Waals surface area contributed by atoms with Gasteiger partial charge in [-0.05, 0) is 67.2 Å². The van der Waals surface area contributed by atoms with Crippen LogP contribution in [0.1, 0.15) is 55.8 Å². The zero-order valence-corrected chi connectivity index (χ0v) is 15.3. The molecule has 1 aromatic rings. The maximum atomic E-state index is 9.29. The molecule has 25 heavy (non-hydrogen) atoms. The molecule has 0 amide bonds. The van der Waals surface area contributed by atoms with Crippen LogP contribution in [0.3, 0.4) is 0 Å². The molecule has 0 aromatic heterocycles. The molecule has 0 bridgehead atoms. The number of nitriles is 1. The number of fused-ring (bicyclic) bond motifs is 1. The Kier molecular flexibility index (Phi) is 4.86. The normalized spacial score (nSPS) is 32.2. The quantitative estimate of drug-likeness (QED) is 0.580. The van der Waals surface area contributed by atoms with Gasteiger partial charge in [-0.3, -0.25) is 5.41 Å². The highest BCUT2D eigenvalue weighted by atomic mass is 16.5. The topological polar surface area (TPSA) is 94.9 Å². The van der Waals surface area contributed by atoms with Gasteiger partial charge in [0.05, 0.1) is 23.8 Å². The Balaban J connectivity index is 1.98. The second kappa shape index (κ2) is 6.78. The molecule has 0 heterocycles. The van der Waals surface area contributed by atoms with Crippen LogP contribution in [0.5, 0.6) is 0 Å². The fourth-order valence-electron chi connectivity index (χ4n) is 4.87. The average Bonchev–Trinajstić information content (AvgIpc) is 2.87. The number of nitrogens with two attached hydrogens (primary N) is 1. The molecule has 2 aliphatic carbocycles. The van der Waals surface area contributed by atoms with E-state index in [1.54, 1.807) is 7.11 Å². The van der Waals surface area contributed by atoms with E-state index in [4.69, 9.17) is 15.9 Å². The van der Waals surface area contributed by atoms with Crippen LogP contribution in [-0.2, 0) is 11.2 Å². The van der Waals surface area contributed by atoms with E-state index in [1.165, 1.54) is 11.1 Å². The van der Waals surface area contributed by atoms with Crippen LogP contribution in [0.4, 0.5) is 0 Å². The number of benzene rings is 1. The molecule has 5 atom stereocenters. The first-order valence-electron chi connectivity index (χ1n) is 9.06. The minimum atomic E-state index is -0.186. The molecule has 3 rings (SSSR count). The van der Waals surface area contributed by atoms with Crippen molar-refractivity contribution in [2.75, 3.05) is 7.11 Å². The van der Waals surface area contributed by atoms with Gasteiger partial charge in [-0.15, -0.1) is 0 Å². The number of rotatable bonds is 4. The van der Waals surface area contributed by atoms with Gasteiger partial charge in [-0.1, -0.05) is 13.0 Å². The van der Waals surface area contributed by atoms with Gasteiger partial charge >= 0.3 is 0 Å². The highest BCUT2D eigenvalue weighted by molar-refractivity contribution is 5.82. The van der Waals surface area contributed by atoms with Gasteiger partial charge in [0.15, 0.2) is 0 Å². The summed E-state index contributed by atoms with van der Waals surface area (Å²) in [5.41, 5.74) is 9.04. The summed E-state index contributed by atoms with van der Waals surface area (Å²) in [5.74, 6) is 0.638. The first kappa shape index (κ1) is 17.9. The van der Waals surface area contributed by atoms with E-state index in [0.29, 0.717) is 17.6 Å². The Morgan fingerprint density at radius 2 is 2.28 bits per heavy atom. The minimum Gasteiger partial charge on any atom is -0.386 e. The molecule has 0 radical (unpaired) electrons. The van der Waals surface area contributed by atoms with Crippen LogP contribution < -0.4 is 11.1 Å². The summed E-state index contributed by atoms with van der Waals surface area (Å²) in [6.07, 6.45) is 4.52. The average molecular weight is 340 g/mol. The number of hydrogen-bond acceptors (Lipinski definition) is 4. The van der Waals surface area contributed by atoms with Gasteiger partial charge in [0, 0.05) is 13.2 Å². The molecule has 2 aliphatic rings. The summed E-state index contributed by atoms with van der Waals surface area (Å²) >= 11 is 0. The third kappa shape index (κ3) is 3.17. The molecule has 1 fully saturated rings. The molecule has 4 N–H and O–H groups in total. The molecule has 134 valence electrons. The third-order valence-electron chi connectivity index (χ3n) is 6.22. The standard InChI is InChI=1S/C20H28N4O/c1-12-9-20(7-6-17(12)25-3)10-15-5-4-14(11-21)8-16(15)18(20)24-13(2)19(22)23/h4-5,8,12-13,17-18,24H,6-7,9-10H2,1-3H3,(H3,22,23). The van der Waals surface area contributed by atoms with Crippen molar-refractivity contribution in [3.05, 3.63) is 34.9 Å². The SMILES string of the molecule is COC1CCC2(Cc3ccc(C#N)cc3C2NC(C)C(=N)N)CC1C. The van der Waals surface area contributed by atoms with Gasteiger partial charge in [0.2, 0.25) is 0 Å². The third-order valence-corrected chi connectivity index (χ3v) is 6.22. The first-order chi connectivity index (χ1) is 11.9. The monoisotopic (exact) mass is 340 g/mol. The van der Waals surface area contributed by atoms with Crippen molar-refractivity contribution in [1.82, 2.24) is 5.32 Å². The van der Waals surface area contributed by atoms with Gasteiger partial charge < -0.3 is 15.8 Å². The predicted octanol–water partition coefficient (Wildman–Crippen LogP) is 2.89. The number of methoxy groups -OCH3 is 1. The Bertz CT molecular complexity index is 710. The number of amidine groups is 1. The van der Waals surface area contributed by atoms with Crippen molar-refractivity contribution in [2.45, 2.75) is 57.7 Å². The summed E-state index contributed by atoms with van der Waals surface area (Å²) in [5, 5.41) is 20.7. The van der Waals surface area contributed by atoms with Gasteiger partial charge in [-0.25, -0.2) is 0 Å². The number of hydrogen-bond donors (Lipinski definition) is 3. The predicted molar refractivity (Wildman–Crippen MR) is 98.4 cm³/mol. The maximum Gasteiger partial charge on any atom is 0.108 e. The molecule has 5 heteroatoms. The van der Waals surface area contributed by atoms with Crippen LogP contribution in [0.2, 0.25) is 0 Å². The van der Waals surface area contributed by atoms with E-state index < -0.39 is 0 Å². The summed E-state index contributed by atoms with van der Waals surface area (Å²) < 4.78 is 5.66. The van der Waals surface area contributed by atoms with E-state index >= 15 is 0 Å². The zero-order valence-electron chi connectivity index (χ0n) is 15.3. The number of nitrogens with zero attached hydrogens (tertiary/aromatic N) is 1. The molecule has 0 aliphatic heterocycles. The van der Waals surface area contributed by atoms with Crippen molar-refractivity contribution >= 4 is 5.84 Å². The molecule has 1 aromatic carbocycles. The maximum absolute atomic E-state index is 9.29. The summed E-state index contributed by atoms with van der Waals surface area (Å²) in [7, 11) is 1.80. The lowest BCUT2D eigenvalue weighted by Crippen LogP contribution is -2.48. The van der Waals surface area contributed by atoms with Crippen molar-refractivity contribution < 1.29 is 4.74 Å². The lowest BCUT2D eigenvalue weighted by molar-refractivity contribution is -0.0246. The van der Waals surface area contributed by atoms with Crippen molar-refractivity contribution in [2.24, 2.45) is 17.1 Å². The Morgan fingerprint density at radius 1 is 1.52 bits per heavy atom. The zero-order chi connectivity index (χ0) is 18.2. The van der Waals surface area contributed by atoms with Crippen molar-refractivity contribution in [3.8, 4) is 6.07 Å². The minimum absolute atomic E-state index is 0.106. The van der Waals surface area contributed by atoms with Gasteiger partial charge in [0.1, 0.15) is 5.84 Å². The Morgan fingerprint density at radius 3 is 2.88 bits per heavy atom. The van der Waals surface area contributed by atoms with Crippen LogP contribution in [-0.4, -0.2) is 25.1 Å². The summed E-state index contributed by atoms with van der Waals surface area (Å²) in [6.45, 7) is 4.20. The molecule has 5 unspecified atom stereocenters. The highest BCUT2D eigenvalue weighted by Gasteiger charge is 2.50. The van der Waals surface area contributed by atoms with E-state index in [9.17, 15) is 5.26 Å². The highest BCUT2D eigenvalue weighted by Crippen LogP contribution is 2.55. The molecule has 5 nitrogen and oxygen atoms in total. The summed E-state index contributed by atoms with van der Waals surface area (Å²) in [4.78, 5) is 0. The Labute approximate surface area is 150 Å². The molecule has 0 saturated heterocycles. The largest absolute Gasteiger partial charge is 0.386 e. The van der Waals surface area contributed by atoms with Crippen LogP contribution >= 0.6 is 0 Å². The molecular weight excluding hydrogens is 312 g/mol. The van der Waals surface area contributed by atoms with Crippen molar-refractivity contribution in [1.29, 1.82) is 10.7 Å². The van der Waals surface area contributed by atoms with Gasteiger partial charge in [0.25, 0.3) is 0 Å². The fraction of sp³-hybridized carbons (Fsp3) is 0.600. The number of nitrogens with one attached hydrogen (secondary N) is 2. The molecule has 1 saturated carbocycles. The molecular formula is C20H28N4O. The summed E-state index contributed by atoms with van der Waals surface area (Å²) in [6, 6.07) is 8.21. The van der Waals surface area contributed by atoms with E-state index in [0.717, 1.165) is 25.7 Å². The van der Waals surface area contributed by atoms with Crippen LogP contribution in [0.25, 0.3) is 0 Å². The van der Waals surface area contributed by atoms with Crippen molar-refractivity contribution in [3.63, 3.8) is 0 Å². The Hall–Kier alpha value is -1.90. The second-order valence-electron chi connectivity index (χ2n) is 7.84. The smallest absolute Gasteiger partial charge is 0.108 e. The van der Waals surface area contributed by atoms with E-state index in [1.807, 2.05) is 19.1 Å². The molecule has 1 spiro atoms. The fourth-order valence-corrected chi connectivity index (χ4v) is 4.87. The van der Waals surface area contributed by atoms with Crippen LogP contribution in [0, 0.1) is 28.1 Å².